The van der Waals surface area contributed by atoms with E-state index < -0.39 is 11.9 Å². The van der Waals surface area contributed by atoms with Gasteiger partial charge in [0, 0.05) is 12.0 Å². The van der Waals surface area contributed by atoms with Gasteiger partial charge in [-0.3, -0.25) is 4.79 Å². The van der Waals surface area contributed by atoms with Gasteiger partial charge in [0.05, 0.1) is 5.97 Å². The van der Waals surface area contributed by atoms with Crippen LogP contribution in [0.2, 0.25) is 0 Å². The van der Waals surface area contributed by atoms with Gasteiger partial charge in [-0.25, -0.2) is 0 Å². The predicted molar refractivity (Wildman–Crippen MR) is 74.3 cm³/mol. The second kappa shape index (κ2) is 8.57. The van der Waals surface area contributed by atoms with Crippen LogP contribution in [0.25, 0.3) is 0 Å². The molecule has 0 aliphatic carbocycles. The van der Waals surface area contributed by atoms with Gasteiger partial charge in [0.2, 0.25) is 0 Å². The maximum absolute atomic E-state index is 11.8. The second-order valence-corrected chi connectivity index (χ2v) is 6.33. The first-order valence-corrected chi connectivity index (χ1v) is 6.70. The van der Waals surface area contributed by atoms with Crippen molar-refractivity contribution in [1.82, 2.24) is 0 Å². The van der Waals surface area contributed by atoms with Crippen LogP contribution in [-0.4, -0.2) is 11.9 Å². The van der Waals surface area contributed by atoms with Crippen molar-refractivity contribution in [3.05, 3.63) is 29.8 Å². The second-order valence-electron chi connectivity index (χ2n) is 6.33. The molecule has 1 aromatic carbocycles. The van der Waals surface area contributed by atoms with E-state index in [1.54, 1.807) is 12.1 Å². The molecule has 1 atom stereocenters. The molecule has 0 aliphatic heterocycles. The Bertz CT molecular complexity index is 491. The van der Waals surface area contributed by atoms with Crippen LogP contribution in [0.15, 0.2) is 24.3 Å². The van der Waals surface area contributed by atoms with E-state index in [0.717, 1.165) is 6.42 Å². The van der Waals surface area contributed by atoms with E-state index in [-0.39, 0.29) is 58.6 Å². The van der Waals surface area contributed by atoms with Gasteiger partial charge >= 0.3 is 35.5 Å². The van der Waals surface area contributed by atoms with Crippen LogP contribution < -0.4 is 39.4 Å². The number of aromatic carboxylic acids is 1. The number of hydrogen-bond acceptors (Lipinski definition) is 4. The van der Waals surface area contributed by atoms with Crippen LogP contribution in [0.3, 0.4) is 0 Å². The molecule has 0 heterocycles. The zero-order valence-corrected chi connectivity index (χ0v) is 15.4. The average Bonchev–Trinajstić information content (AvgIpc) is 2.26. The molecule has 0 aromatic heterocycles. The molecule has 21 heavy (non-hydrogen) atoms. The monoisotopic (exact) mass is 300 g/mol. The number of carbonyl (C=O) groups is 2. The van der Waals surface area contributed by atoms with Crippen LogP contribution >= 0.6 is 0 Å². The standard InChI is InChI=1S/C16H22O4.Na/c1-11(10-16(2,3)4)9-14(17)20-13-8-6-5-7-12(13)15(18)19;/h5-8,11H,9-10H2,1-4H3,(H,18,19);/q;+1/p-1. The number of esters is 1. The van der Waals surface area contributed by atoms with Crippen LogP contribution in [0, 0.1) is 11.3 Å². The summed E-state index contributed by atoms with van der Waals surface area (Å²) in [6.45, 7) is 8.32. The Morgan fingerprint density at radius 1 is 1.24 bits per heavy atom. The molecule has 4 nitrogen and oxygen atoms in total. The molecule has 1 unspecified atom stereocenters. The van der Waals surface area contributed by atoms with Gasteiger partial charge in [-0.1, -0.05) is 39.8 Å². The number of ether oxygens (including phenoxy) is 1. The van der Waals surface area contributed by atoms with E-state index in [1.807, 2.05) is 6.92 Å². The summed E-state index contributed by atoms with van der Waals surface area (Å²) in [5.41, 5.74) is 0.0343. The fraction of sp³-hybridized carbons (Fsp3) is 0.500. The Morgan fingerprint density at radius 3 is 2.33 bits per heavy atom. The van der Waals surface area contributed by atoms with E-state index in [2.05, 4.69) is 20.8 Å². The van der Waals surface area contributed by atoms with Crippen molar-refractivity contribution in [3.8, 4) is 5.75 Å². The Morgan fingerprint density at radius 2 is 1.81 bits per heavy atom. The third kappa shape index (κ3) is 7.65. The first-order chi connectivity index (χ1) is 9.19. The predicted octanol–water partition coefficient (Wildman–Crippen LogP) is -0.578. The summed E-state index contributed by atoms with van der Waals surface area (Å²) in [4.78, 5) is 22.8. The van der Waals surface area contributed by atoms with Crippen molar-refractivity contribution >= 4 is 11.9 Å². The fourth-order valence-electron chi connectivity index (χ4n) is 2.29. The summed E-state index contributed by atoms with van der Waals surface area (Å²) in [7, 11) is 0. The number of rotatable bonds is 5. The molecule has 0 radical (unpaired) electrons. The van der Waals surface area contributed by atoms with Gasteiger partial charge in [0.15, 0.2) is 0 Å². The number of carboxylic acids is 1. The average molecular weight is 300 g/mol. The Balaban J connectivity index is 0.00000400. The zero-order valence-electron chi connectivity index (χ0n) is 13.4. The van der Waals surface area contributed by atoms with Gasteiger partial charge < -0.3 is 14.6 Å². The fourth-order valence-corrected chi connectivity index (χ4v) is 2.29. The van der Waals surface area contributed by atoms with E-state index in [1.165, 1.54) is 12.1 Å². The topological polar surface area (TPSA) is 66.4 Å². The molecule has 0 saturated heterocycles. The summed E-state index contributed by atoms with van der Waals surface area (Å²) in [6.07, 6.45) is 1.16. The molecule has 0 fully saturated rings. The molecular weight excluding hydrogens is 279 g/mol. The number of hydrogen-bond donors (Lipinski definition) is 0. The van der Waals surface area contributed by atoms with Crippen molar-refractivity contribution in [2.75, 3.05) is 0 Å². The third-order valence-corrected chi connectivity index (χ3v) is 2.81. The van der Waals surface area contributed by atoms with Crippen molar-refractivity contribution in [3.63, 3.8) is 0 Å². The van der Waals surface area contributed by atoms with E-state index in [9.17, 15) is 14.7 Å². The quantitative estimate of drug-likeness (QED) is 0.415. The third-order valence-electron chi connectivity index (χ3n) is 2.81. The van der Waals surface area contributed by atoms with E-state index in [0.29, 0.717) is 0 Å². The minimum Gasteiger partial charge on any atom is -0.545 e. The molecule has 0 spiro atoms. The van der Waals surface area contributed by atoms with Gasteiger partial charge in [-0.15, -0.1) is 0 Å². The molecule has 0 bridgehead atoms. The smallest absolute Gasteiger partial charge is 0.545 e. The summed E-state index contributed by atoms with van der Waals surface area (Å²) < 4.78 is 5.13. The zero-order chi connectivity index (χ0) is 15.3. The Hall–Kier alpha value is -0.840. The van der Waals surface area contributed by atoms with Crippen LogP contribution in [0.4, 0.5) is 0 Å². The molecular formula is C16H21NaO4. The molecule has 1 rings (SSSR count). The summed E-state index contributed by atoms with van der Waals surface area (Å²) >= 11 is 0. The van der Waals surface area contributed by atoms with Gasteiger partial charge in [-0.2, -0.15) is 0 Å². The molecule has 5 heteroatoms. The largest absolute Gasteiger partial charge is 1.00 e. The van der Waals surface area contributed by atoms with Crippen LogP contribution in [0.5, 0.6) is 5.75 Å². The number of para-hydroxylation sites is 1. The molecule has 110 valence electrons. The first kappa shape index (κ1) is 20.2. The normalized spacial score (nSPS) is 12.2. The summed E-state index contributed by atoms with van der Waals surface area (Å²) in [6, 6.07) is 5.99. The van der Waals surface area contributed by atoms with Gasteiger partial charge in [0.1, 0.15) is 5.75 Å². The van der Waals surface area contributed by atoms with Crippen LogP contribution in [0.1, 0.15) is 50.9 Å². The maximum Gasteiger partial charge on any atom is 1.00 e. The minimum atomic E-state index is -1.35. The Kier molecular flexibility index (Phi) is 8.22. The minimum absolute atomic E-state index is 0. The Labute approximate surface area is 148 Å². The maximum atomic E-state index is 11.8. The van der Waals surface area contributed by atoms with E-state index in [4.69, 9.17) is 4.74 Å². The summed E-state index contributed by atoms with van der Waals surface area (Å²) in [5, 5.41) is 10.9. The molecule has 0 saturated carbocycles. The van der Waals surface area contributed by atoms with Gasteiger partial charge in [0.25, 0.3) is 0 Å². The van der Waals surface area contributed by atoms with Crippen molar-refractivity contribution in [2.45, 2.75) is 40.5 Å². The van der Waals surface area contributed by atoms with Gasteiger partial charge in [-0.05, 0) is 29.9 Å². The van der Waals surface area contributed by atoms with E-state index >= 15 is 0 Å². The number of carboxylic acid groups (broad SMARTS) is 1. The molecule has 0 amide bonds. The molecule has 0 N–H and O–H groups in total. The molecule has 1 aromatic rings. The SMILES string of the molecule is CC(CC(=O)Oc1ccccc1C(=O)[O-])CC(C)(C)C.[Na+]. The number of carbonyl (C=O) groups excluding carboxylic acids is 2. The van der Waals surface area contributed by atoms with Crippen molar-refractivity contribution in [2.24, 2.45) is 11.3 Å². The van der Waals surface area contributed by atoms with Crippen LogP contribution in [-0.2, 0) is 4.79 Å². The first-order valence-electron chi connectivity index (χ1n) is 6.70. The van der Waals surface area contributed by atoms with Crippen molar-refractivity contribution < 1.29 is 49.0 Å². The summed E-state index contributed by atoms with van der Waals surface area (Å²) in [5.74, 6) is -1.55. The molecule has 0 aliphatic rings. The van der Waals surface area contributed by atoms with Crippen molar-refractivity contribution in [1.29, 1.82) is 0 Å². The number of benzene rings is 1.